The Hall–Kier alpha value is -0.160. The summed E-state index contributed by atoms with van der Waals surface area (Å²) in [6.07, 6.45) is 9.39. The Morgan fingerprint density at radius 1 is 0.852 bits per heavy atom. The van der Waals surface area contributed by atoms with Gasteiger partial charge in [0, 0.05) is 12.3 Å². The predicted molar refractivity (Wildman–Crippen MR) is 111 cm³/mol. The van der Waals surface area contributed by atoms with Crippen LogP contribution in [0.15, 0.2) is 0 Å². The molecule has 4 nitrogen and oxygen atoms in total. The van der Waals surface area contributed by atoms with E-state index in [0.717, 1.165) is 57.8 Å². The summed E-state index contributed by atoms with van der Waals surface area (Å²) < 4.78 is 0. The van der Waals surface area contributed by atoms with Gasteiger partial charge in [0.05, 0.1) is 11.2 Å². The molecule has 1 atom stereocenters. The largest absolute Gasteiger partial charge is 0.237 e. The van der Waals surface area contributed by atoms with Crippen molar-refractivity contribution in [3.8, 4) is 0 Å². The molecule has 162 valence electrons. The van der Waals surface area contributed by atoms with Crippen LogP contribution in [0.1, 0.15) is 120 Å². The zero-order valence-corrected chi connectivity index (χ0v) is 19.6. The third-order valence-electron chi connectivity index (χ3n) is 5.81. The zero-order chi connectivity index (χ0) is 20.8. The van der Waals surface area contributed by atoms with E-state index in [9.17, 15) is 0 Å². The lowest BCUT2D eigenvalue weighted by Gasteiger charge is -2.47. The first-order chi connectivity index (χ1) is 12.4. The van der Waals surface area contributed by atoms with Crippen molar-refractivity contribution in [3.63, 3.8) is 0 Å². The van der Waals surface area contributed by atoms with Gasteiger partial charge in [-0.05, 0) is 58.8 Å². The van der Waals surface area contributed by atoms with Crippen LogP contribution in [0.5, 0.6) is 0 Å². The Kier molecular flexibility index (Phi) is 9.26. The number of unbranched alkanes of at least 4 members (excludes halogenated alkanes) is 2. The molecule has 0 bridgehead atoms. The lowest BCUT2D eigenvalue weighted by molar-refractivity contribution is -0.561. The first kappa shape index (κ1) is 24.9. The van der Waals surface area contributed by atoms with E-state index in [1.54, 1.807) is 0 Å². The molecule has 0 spiro atoms. The highest BCUT2D eigenvalue weighted by Gasteiger charge is 2.51. The van der Waals surface area contributed by atoms with Crippen molar-refractivity contribution >= 4 is 0 Å². The van der Waals surface area contributed by atoms with Gasteiger partial charge >= 0.3 is 0 Å². The highest BCUT2D eigenvalue weighted by Crippen LogP contribution is 2.48. The van der Waals surface area contributed by atoms with Gasteiger partial charge in [0.1, 0.15) is 0 Å². The highest BCUT2D eigenvalue weighted by molar-refractivity contribution is 4.89. The molecule has 0 radical (unpaired) electrons. The molecular formula is C23H46O4. The number of hydrogen-bond donors (Lipinski definition) is 0. The molecule has 1 rings (SSSR count). The van der Waals surface area contributed by atoms with Crippen molar-refractivity contribution in [2.45, 2.75) is 137 Å². The maximum absolute atomic E-state index is 6.13. The maximum Gasteiger partial charge on any atom is 0.237 e. The van der Waals surface area contributed by atoms with Gasteiger partial charge in [-0.15, -0.1) is 0 Å². The summed E-state index contributed by atoms with van der Waals surface area (Å²) >= 11 is 0. The Morgan fingerprint density at radius 3 is 1.70 bits per heavy atom. The van der Waals surface area contributed by atoms with Crippen LogP contribution >= 0.6 is 0 Å². The van der Waals surface area contributed by atoms with E-state index in [1.165, 1.54) is 0 Å². The molecule has 0 aromatic carbocycles. The fourth-order valence-corrected chi connectivity index (χ4v) is 3.65. The van der Waals surface area contributed by atoms with E-state index < -0.39 is 5.79 Å². The van der Waals surface area contributed by atoms with Gasteiger partial charge in [0.2, 0.25) is 5.79 Å². The Labute approximate surface area is 168 Å². The van der Waals surface area contributed by atoms with E-state index in [2.05, 4.69) is 62.3 Å². The van der Waals surface area contributed by atoms with Gasteiger partial charge in [-0.3, -0.25) is 0 Å². The molecule has 1 unspecified atom stereocenters. The topological polar surface area (TPSA) is 36.9 Å². The summed E-state index contributed by atoms with van der Waals surface area (Å²) in [5, 5.41) is 0. The Bertz CT molecular complexity index is 404. The third-order valence-corrected chi connectivity index (χ3v) is 5.81. The van der Waals surface area contributed by atoms with Gasteiger partial charge in [0.15, 0.2) is 0 Å². The minimum Gasteiger partial charge on any atom is -0.228 e. The van der Waals surface area contributed by atoms with Crippen molar-refractivity contribution in [3.05, 3.63) is 0 Å². The van der Waals surface area contributed by atoms with E-state index in [1.807, 2.05) is 0 Å². The maximum atomic E-state index is 6.13. The van der Waals surface area contributed by atoms with Crippen LogP contribution in [0.2, 0.25) is 0 Å². The molecule has 4 heteroatoms. The van der Waals surface area contributed by atoms with Crippen LogP contribution in [-0.2, 0) is 19.6 Å². The summed E-state index contributed by atoms with van der Waals surface area (Å²) in [5.74, 6) is -0.663. The fraction of sp³-hybridized carbons (Fsp3) is 1.00. The van der Waals surface area contributed by atoms with Crippen molar-refractivity contribution in [1.29, 1.82) is 0 Å². The molecule has 1 aliphatic rings. The standard InChI is InChI=1S/C23H46O4/c1-10-12-15-21(6,7)24-26-23(18-20(4,5)17-14-19(23)3)27-25-22(8,9)16-13-11-2/h19H,10-18H2,1-9H3. The molecule has 1 fully saturated rings. The Balaban J connectivity index is 2.89. The number of hydrogen-bond acceptors (Lipinski definition) is 4. The van der Waals surface area contributed by atoms with Gasteiger partial charge in [-0.2, -0.15) is 9.78 Å². The molecule has 0 saturated heterocycles. The molecule has 0 aromatic rings. The minimum atomic E-state index is -0.866. The van der Waals surface area contributed by atoms with Gasteiger partial charge in [-0.25, -0.2) is 9.78 Å². The molecule has 0 N–H and O–H groups in total. The second-order valence-electron chi connectivity index (χ2n) is 10.7. The summed E-state index contributed by atoms with van der Waals surface area (Å²) in [6.45, 7) is 19.4. The zero-order valence-electron chi connectivity index (χ0n) is 19.6. The number of rotatable bonds is 12. The summed E-state index contributed by atoms with van der Waals surface area (Å²) in [5.41, 5.74) is -0.558. The van der Waals surface area contributed by atoms with Crippen molar-refractivity contribution in [1.82, 2.24) is 0 Å². The molecular weight excluding hydrogens is 340 g/mol. The molecule has 0 aromatic heterocycles. The van der Waals surface area contributed by atoms with Crippen LogP contribution in [0.3, 0.4) is 0 Å². The van der Waals surface area contributed by atoms with Crippen LogP contribution in [-0.4, -0.2) is 17.0 Å². The average molecular weight is 387 g/mol. The lowest BCUT2D eigenvalue weighted by atomic mass is 9.70. The van der Waals surface area contributed by atoms with Gasteiger partial charge < -0.3 is 0 Å². The smallest absolute Gasteiger partial charge is 0.228 e. The lowest BCUT2D eigenvalue weighted by Crippen LogP contribution is -2.52. The second kappa shape index (κ2) is 10.0. The molecule has 0 amide bonds. The quantitative estimate of drug-likeness (QED) is 0.199. The molecule has 27 heavy (non-hydrogen) atoms. The highest BCUT2D eigenvalue weighted by atomic mass is 17.3. The van der Waals surface area contributed by atoms with E-state index >= 15 is 0 Å². The molecule has 0 heterocycles. The SMILES string of the molecule is CCCCC(C)(C)OOC1(OOC(C)(C)CCCC)CC(C)(C)CCC1C. The molecule has 1 aliphatic carbocycles. The summed E-state index contributed by atoms with van der Waals surface area (Å²) in [6, 6.07) is 0. The third kappa shape index (κ3) is 8.39. The van der Waals surface area contributed by atoms with E-state index in [4.69, 9.17) is 19.6 Å². The summed E-state index contributed by atoms with van der Waals surface area (Å²) in [7, 11) is 0. The first-order valence-electron chi connectivity index (χ1n) is 11.1. The average Bonchev–Trinajstić information content (AvgIpc) is 2.58. The van der Waals surface area contributed by atoms with Crippen LogP contribution in [0.4, 0.5) is 0 Å². The van der Waals surface area contributed by atoms with Crippen LogP contribution in [0.25, 0.3) is 0 Å². The fourth-order valence-electron chi connectivity index (χ4n) is 3.65. The second-order valence-corrected chi connectivity index (χ2v) is 10.7. The summed E-state index contributed by atoms with van der Waals surface area (Å²) in [4.78, 5) is 24.2. The Morgan fingerprint density at radius 2 is 1.30 bits per heavy atom. The van der Waals surface area contributed by atoms with Crippen LogP contribution < -0.4 is 0 Å². The van der Waals surface area contributed by atoms with Crippen molar-refractivity contribution in [2.75, 3.05) is 0 Å². The first-order valence-corrected chi connectivity index (χ1v) is 11.1. The monoisotopic (exact) mass is 386 g/mol. The molecule has 0 aliphatic heterocycles. The normalized spacial score (nSPS) is 22.8. The van der Waals surface area contributed by atoms with E-state index in [-0.39, 0.29) is 22.5 Å². The minimum absolute atomic E-state index is 0.125. The van der Waals surface area contributed by atoms with E-state index in [0.29, 0.717) is 0 Å². The van der Waals surface area contributed by atoms with Crippen molar-refractivity contribution < 1.29 is 19.6 Å². The molecule has 1 saturated carbocycles. The predicted octanol–water partition coefficient (Wildman–Crippen LogP) is 7.36. The van der Waals surface area contributed by atoms with Crippen molar-refractivity contribution in [2.24, 2.45) is 11.3 Å². The van der Waals surface area contributed by atoms with Gasteiger partial charge in [0.25, 0.3) is 0 Å². The van der Waals surface area contributed by atoms with Crippen LogP contribution in [0, 0.1) is 11.3 Å². The van der Waals surface area contributed by atoms with Gasteiger partial charge in [-0.1, -0.05) is 60.3 Å².